The SMILES string of the molecule is C=C(/C=C\C(=C/C)NC1(C(N)=O)CCB(C#N)CC1)OC. The van der Waals surface area contributed by atoms with Crippen molar-refractivity contribution in [3.63, 3.8) is 0 Å². The van der Waals surface area contributed by atoms with Gasteiger partial charge in [0, 0.05) is 11.7 Å². The monoisotopic (exact) mass is 287 g/mol. The van der Waals surface area contributed by atoms with Crippen molar-refractivity contribution in [3.05, 3.63) is 36.3 Å². The minimum atomic E-state index is -0.784. The molecule has 6 heteroatoms. The van der Waals surface area contributed by atoms with E-state index >= 15 is 0 Å². The number of nitrogens with two attached hydrogens (primary N) is 1. The van der Waals surface area contributed by atoms with Gasteiger partial charge in [-0.2, -0.15) is 0 Å². The fraction of sp³-hybridized carbons (Fsp3) is 0.467. The van der Waals surface area contributed by atoms with E-state index in [1.165, 1.54) is 0 Å². The highest BCUT2D eigenvalue weighted by Gasteiger charge is 2.41. The Bertz CT molecular complexity index is 498. The van der Waals surface area contributed by atoms with E-state index in [1.807, 2.05) is 13.0 Å². The van der Waals surface area contributed by atoms with E-state index in [0.29, 0.717) is 31.2 Å². The van der Waals surface area contributed by atoms with E-state index in [1.54, 1.807) is 19.3 Å². The van der Waals surface area contributed by atoms with Crippen LogP contribution in [0.3, 0.4) is 0 Å². The summed E-state index contributed by atoms with van der Waals surface area (Å²) < 4.78 is 4.97. The number of hydrogen-bond acceptors (Lipinski definition) is 4. The van der Waals surface area contributed by atoms with Crippen molar-refractivity contribution in [1.29, 1.82) is 5.26 Å². The summed E-state index contributed by atoms with van der Waals surface area (Å²) in [5.74, 6) is 2.41. The third-order valence-electron chi connectivity index (χ3n) is 3.90. The quantitative estimate of drug-likeness (QED) is 0.442. The fourth-order valence-electron chi connectivity index (χ4n) is 2.41. The number of carbonyl (C=O) groups is 1. The highest BCUT2D eigenvalue weighted by Crippen LogP contribution is 2.30. The fourth-order valence-corrected chi connectivity index (χ4v) is 2.41. The van der Waals surface area contributed by atoms with E-state index in [2.05, 4.69) is 17.9 Å². The lowest BCUT2D eigenvalue weighted by Crippen LogP contribution is -2.57. The zero-order valence-corrected chi connectivity index (χ0v) is 12.7. The van der Waals surface area contributed by atoms with Crippen LogP contribution in [0, 0.1) is 11.2 Å². The molecule has 1 heterocycles. The lowest BCUT2D eigenvalue weighted by atomic mass is 9.40. The van der Waals surface area contributed by atoms with Gasteiger partial charge >= 0.3 is 0 Å². The van der Waals surface area contributed by atoms with Crippen molar-refractivity contribution < 1.29 is 9.53 Å². The van der Waals surface area contributed by atoms with E-state index in [4.69, 9.17) is 15.7 Å². The molecule has 1 rings (SSSR count). The molecule has 1 aliphatic rings. The van der Waals surface area contributed by atoms with Crippen LogP contribution in [0.2, 0.25) is 12.6 Å². The first kappa shape index (κ1) is 16.9. The Balaban J connectivity index is 2.84. The zero-order valence-electron chi connectivity index (χ0n) is 12.7. The Morgan fingerprint density at radius 1 is 1.48 bits per heavy atom. The van der Waals surface area contributed by atoms with E-state index in [0.717, 1.165) is 5.70 Å². The second-order valence-electron chi connectivity index (χ2n) is 5.22. The molecule has 1 aliphatic heterocycles. The molecule has 0 saturated carbocycles. The van der Waals surface area contributed by atoms with E-state index in [-0.39, 0.29) is 12.6 Å². The Kier molecular flexibility index (Phi) is 6.10. The molecule has 3 N–H and O–H groups in total. The summed E-state index contributed by atoms with van der Waals surface area (Å²) >= 11 is 0. The maximum atomic E-state index is 11.9. The van der Waals surface area contributed by atoms with Gasteiger partial charge in [0.25, 0.3) is 6.71 Å². The molecular formula is C15H22BN3O2. The molecule has 0 spiro atoms. The number of allylic oxidation sites excluding steroid dienone is 3. The van der Waals surface area contributed by atoms with Crippen LogP contribution < -0.4 is 11.1 Å². The molecule has 0 aromatic rings. The molecule has 0 aromatic heterocycles. The van der Waals surface area contributed by atoms with Crippen LogP contribution in [0.25, 0.3) is 0 Å². The summed E-state index contributed by atoms with van der Waals surface area (Å²) in [4.78, 5) is 11.9. The third-order valence-corrected chi connectivity index (χ3v) is 3.90. The second kappa shape index (κ2) is 7.58. The van der Waals surface area contributed by atoms with Crippen LogP contribution in [-0.2, 0) is 9.53 Å². The van der Waals surface area contributed by atoms with Gasteiger partial charge in [0.05, 0.1) is 7.11 Å². The topological polar surface area (TPSA) is 88.1 Å². The van der Waals surface area contributed by atoms with Crippen molar-refractivity contribution in [2.24, 2.45) is 5.73 Å². The van der Waals surface area contributed by atoms with Gasteiger partial charge in [0.2, 0.25) is 5.91 Å². The van der Waals surface area contributed by atoms with Gasteiger partial charge in [-0.1, -0.05) is 25.3 Å². The number of rotatable bonds is 6. The summed E-state index contributed by atoms with van der Waals surface area (Å²) in [6.07, 6.45) is 7.87. The number of methoxy groups -OCH3 is 1. The molecule has 0 aromatic carbocycles. The molecule has 0 unspecified atom stereocenters. The van der Waals surface area contributed by atoms with Crippen LogP contribution >= 0.6 is 0 Å². The van der Waals surface area contributed by atoms with Gasteiger partial charge in [-0.25, -0.2) is 5.26 Å². The van der Waals surface area contributed by atoms with E-state index in [9.17, 15) is 4.79 Å². The van der Waals surface area contributed by atoms with Gasteiger partial charge in [-0.3, -0.25) is 4.79 Å². The van der Waals surface area contributed by atoms with Gasteiger partial charge in [0.1, 0.15) is 11.3 Å². The molecule has 112 valence electrons. The highest BCUT2D eigenvalue weighted by molar-refractivity contribution is 6.67. The Morgan fingerprint density at radius 3 is 2.52 bits per heavy atom. The zero-order chi connectivity index (χ0) is 15.9. The van der Waals surface area contributed by atoms with Crippen molar-refractivity contribution >= 4 is 12.6 Å². The summed E-state index contributed by atoms with van der Waals surface area (Å²) in [6, 6.07) is 0. The van der Waals surface area contributed by atoms with Gasteiger partial charge in [-0.15, -0.1) is 0 Å². The highest BCUT2D eigenvalue weighted by atomic mass is 16.5. The molecule has 1 amide bonds. The van der Waals surface area contributed by atoms with Crippen molar-refractivity contribution in [3.8, 4) is 5.97 Å². The van der Waals surface area contributed by atoms with Gasteiger partial charge < -0.3 is 15.8 Å². The molecule has 0 radical (unpaired) electrons. The Labute approximate surface area is 126 Å². The summed E-state index contributed by atoms with van der Waals surface area (Å²) in [5, 5.41) is 12.2. The first-order valence-electron chi connectivity index (χ1n) is 7.02. The van der Waals surface area contributed by atoms with Crippen LogP contribution in [0.1, 0.15) is 19.8 Å². The smallest absolute Gasteiger partial charge is 0.268 e. The first-order chi connectivity index (χ1) is 9.97. The molecule has 5 nitrogen and oxygen atoms in total. The average molecular weight is 287 g/mol. The Morgan fingerprint density at radius 2 is 2.10 bits per heavy atom. The summed E-state index contributed by atoms with van der Waals surface area (Å²) in [5.41, 5.74) is 5.59. The van der Waals surface area contributed by atoms with Crippen LogP contribution in [0.15, 0.2) is 36.3 Å². The number of primary amides is 1. The molecule has 1 fully saturated rings. The predicted molar refractivity (Wildman–Crippen MR) is 84.3 cm³/mol. The lowest BCUT2D eigenvalue weighted by molar-refractivity contribution is -0.124. The maximum absolute atomic E-state index is 11.9. The number of ether oxygens (including phenoxy) is 1. The lowest BCUT2D eigenvalue weighted by Gasteiger charge is -2.37. The number of nitriles is 1. The third kappa shape index (κ3) is 4.42. The number of hydrogen-bond donors (Lipinski definition) is 2. The first-order valence-corrected chi connectivity index (χ1v) is 7.02. The molecule has 0 atom stereocenters. The summed E-state index contributed by atoms with van der Waals surface area (Å²) in [6.45, 7) is 5.59. The van der Waals surface area contributed by atoms with Gasteiger partial charge in [-0.05, 0) is 31.9 Å². The standard InChI is InChI=1S/C15H22BN3O2/c1-4-13(6-5-12(2)21-3)19-15(14(18)20)7-9-16(11-17)10-8-15/h4-6,19H,2,7-10H2,1,3H3,(H2,18,20)/b6-5-,13-4+. The van der Waals surface area contributed by atoms with Crippen molar-refractivity contribution in [2.75, 3.05) is 7.11 Å². The van der Waals surface area contributed by atoms with Crippen LogP contribution in [-0.4, -0.2) is 25.3 Å². The normalized spacial score (nSPS) is 18.1. The molecule has 1 saturated heterocycles. The maximum Gasteiger partial charge on any atom is 0.268 e. The van der Waals surface area contributed by atoms with Crippen LogP contribution in [0.5, 0.6) is 0 Å². The average Bonchev–Trinajstić information content (AvgIpc) is 2.51. The van der Waals surface area contributed by atoms with E-state index < -0.39 is 5.54 Å². The number of amides is 1. The second-order valence-corrected chi connectivity index (χ2v) is 5.22. The molecular weight excluding hydrogens is 265 g/mol. The Hall–Kier alpha value is -2.16. The predicted octanol–water partition coefficient (Wildman–Crippen LogP) is 1.77. The molecule has 0 bridgehead atoms. The van der Waals surface area contributed by atoms with Crippen molar-refractivity contribution in [1.82, 2.24) is 5.32 Å². The number of carbonyl (C=O) groups excluding carboxylic acids is 1. The molecule has 21 heavy (non-hydrogen) atoms. The minimum absolute atomic E-state index is 0.0112. The summed E-state index contributed by atoms with van der Waals surface area (Å²) in [7, 11) is 1.55. The number of nitrogens with one attached hydrogen (secondary N) is 1. The molecule has 0 aliphatic carbocycles. The van der Waals surface area contributed by atoms with Crippen LogP contribution in [0.4, 0.5) is 0 Å². The largest absolute Gasteiger partial charge is 0.497 e. The number of nitrogens with zero attached hydrogens (tertiary/aromatic N) is 1. The van der Waals surface area contributed by atoms with Crippen molar-refractivity contribution in [2.45, 2.75) is 37.9 Å². The van der Waals surface area contributed by atoms with Gasteiger partial charge in [0.15, 0.2) is 0 Å². The minimum Gasteiger partial charge on any atom is -0.497 e.